The van der Waals surface area contributed by atoms with E-state index in [0.29, 0.717) is 38.9 Å². The van der Waals surface area contributed by atoms with Gasteiger partial charge in [0, 0.05) is 50.7 Å². The Morgan fingerprint density at radius 2 is 2.07 bits per heavy atom. The predicted molar refractivity (Wildman–Crippen MR) is 103 cm³/mol. The quantitative estimate of drug-likeness (QED) is 0.834. The van der Waals surface area contributed by atoms with Crippen molar-refractivity contribution in [2.75, 3.05) is 18.4 Å². The van der Waals surface area contributed by atoms with Crippen molar-refractivity contribution in [3.63, 3.8) is 0 Å². The molecular weight excluding hydrogens is 358 g/mol. The maximum absolute atomic E-state index is 12.7. The van der Waals surface area contributed by atoms with Crippen molar-refractivity contribution in [3.8, 4) is 11.3 Å². The summed E-state index contributed by atoms with van der Waals surface area (Å²) in [6, 6.07) is 7.26. The summed E-state index contributed by atoms with van der Waals surface area (Å²) in [6.07, 6.45) is 3.50. The Labute approximate surface area is 162 Å². The zero-order valence-corrected chi connectivity index (χ0v) is 15.8. The first-order valence-corrected chi connectivity index (χ1v) is 9.52. The smallest absolute Gasteiger partial charge is 0.245 e. The SMILES string of the molecule is CC(=O)Nc1cccc(-c2cnc3n2CCN(C(=O)[C@H]2CCC(=O)N2)CC3)c1. The number of imidazole rings is 1. The topological polar surface area (TPSA) is 96.3 Å². The van der Waals surface area contributed by atoms with Crippen molar-refractivity contribution in [3.05, 3.63) is 36.3 Å². The van der Waals surface area contributed by atoms with Crippen molar-refractivity contribution < 1.29 is 14.4 Å². The van der Waals surface area contributed by atoms with Gasteiger partial charge in [-0.1, -0.05) is 12.1 Å². The first kappa shape index (κ1) is 18.2. The summed E-state index contributed by atoms with van der Waals surface area (Å²) >= 11 is 0. The van der Waals surface area contributed by atoms with E-state index < -0.39 is 6.04 Å². The van der Waals surface area contributed by atoms with Crippen molar-refractivity contribution >= 4 is 23.4 Å². The molecular formula is C20H23N5O3. The van der Waals surface area contributed by atoms with Gasteiger partial charge in [-0.05, 0) is 18.6 Å². The first-order chi connectivity index (χ1) is 13.5. The fourth-order valence-corrected chi connectivity index (χ4v) is 3.86. The zero-order chi connectivity index (χ0) is 19.7. The number of nitrogens with zero attached hydrogens (tertiary/aromatic N) is 3. The Hall–Kier alpha value is -3.16. The van der Waals surface area contributed by atoms with E-state index >= 15 is 0 Å². The highest BCUT2D eigenvalue weighted by atomic mass is 16.2. The van der Waals surface area contributed by atoms with Gasteiger partial charge in [0.1, 0.15) is 11.9 Å². The van der Waals surface area contributed by atoms with E-state index in [1.807, 2.05) is 35.4 Å². The van der Waals surface area contributed by atoms with Gasteiger partial charge >= 0.3 is 0 Å². The second kappa shape index (κ2) is 7.46. The number of rotatable bonds is 3. The lowest BCUT2D eigenvalue weighted by molar-refractivity contribution is -0.134. The molecule has 3 amide bonds. The molecule has 3 heterocycles. The molecule has 4 rings (SSSR count). The molecule has 1 atom stereocenters. The van der Waals surface area contributed by atoms with Crippen molar-refractivity contribution in [2.45, 2.75) is 38.8 Å². The summed E-state index contributed by atoms with van der Waals surface area (Å²) < 4.78 is 2.13. The number of hydrogen-bond donors (Lipinski definition) is 2. The number of hydrogen-bond acceptors (Lipinski definition) is 4. The summed E-state index contributed by atoms with van der Waals surface area (Å²) in [4.78, 5) is 41.8. The standard InChI is InChI=1S/C20H23N5O3/c1-13(26)22-15-4-2-3-14(11-15)17-12-21-18-7-8-24(9-10-25(17)18)20(28)16-5-6-19(27)23-16/h2-4,11-12,16H,5-10H2,1H3,(H,22,26)(H,23,27)/t16-/m1/s1. The molecule has 8 heteroatoms. The molecule has 2 N–H and O–H groups in total. The number of carbonyl (C=O) groups excluding carboxylic acids is 3. The molecule has 1 fully saturated rings. The monoisotopic (exact) mass is 381 g/mol. The Kier molecular flexibility index (Phi) is 4.85. The summed E-state index contributed by atoms with van der Waals surface area (Å²) in [7, 11) is 0. The molecule has 1 aromatic heterocycles. The summed E-state index contributed by atoms with van der Waals surface area (Å²) in [5.74, 6) is 0.761. The number of anilines is 1. The molecule has 2 aromatic rings. The molecule has 1 saturated heterocycles. The molecule has 146 valence electrons. The lowest BCUT2D eigenvalue weighted by atomic mass is 10.1. The Morgan fingerprint density at radius 3 is 2.82 bits per heavy atom. The third-order valence-electron chi connectivity index (χ3n) is 5.22. The van der Waals surface area contributed by atoms with Crippen molar-refractivity contribution in [1.29, 1.82) is 0 Å². The molecule has 0 saturated carbocycles. The first-order valence-electron chi connectivity index (χ1n) is 9.52. The maximum atomic E-state index is 12.7. The van der Waals surface area contributed by atoms with Crippen LogP contribution in [0, 0.1) is 0 Å². The van der Waals surface area contributed by atoms with Crippen LogP contribution >= 0.6 is 0 Å². The van der Waals surface area contributed by atoms with Crippen LogP contribution in [0.15, 0.2) is 30.5 Å². The lowest BCUT2D eigenvalue weighted by Gasteiger charge is -2.23. The Bertz CT molecular complexity index is 936. The second-order valence-corrected chi connectivity index (χ2v) is 7.21. The van der Waals surface area contributed by atoms with Crippen LogP contribution in [0.2, 0.25) is 0 Å². The molecule has 0 bridgehead atoms. The lowest BCUT2D eigenvalue weighted by Crippen LogP contribution is -2.45. The van der Waals surface area contributed by atoms with Gasteiger partial charge in [-0.15, -0.1) is 0 Å². The van der Waals surface area contributed by atoms with E-state index in [1.54, 1.807) is 0 Å². The van der Waals surface area contributed by atoms with Crippen molar-refractivity contribution in [2.24, 2.45) is 0 Å². The van der Waals surface area contributed by atoms with Gasteiger partial charge in [0.05, 0.1) is 11.9 Å². The predicted octanol–water partition coefficient (Wildman–Crippen LogP) is 1.17. The minimum absolute atomic E-state index is 0.00851. The number of nitrogens with one attached hydrogen (secondary N) is 2. The summed E-state index contributed by atoms with van der Waals surface area (Å²) in [5.41, 5.74) is 2.67. The largest absolute Gasteiger partial charge is 0.344 e. The highest BCUT2D eigenvalue weighted by molar-refractivity contribution is 5.91. The van der Waals surface area contributed by atoms with Gasteiger partial charge in [-0.25, -0.2) is 4.98 Å². The summed E-state index contributed by atoms with van der Waals surface area (Å²) in [6.45, 7) is 3.29. The van der Waals surface area contributed by atoms with E-state index in [9.17, 15) is 14.4 Å². The minimum atomic E-state index is -0.397. The number of aromatic nitrogens is 2. The van der Waals surface area contributed by atoms with Crippen LogP contribution in [0.25, 0.3) is 11.3 Å². The normalized spacial score (nSPS) is 19.0. The number of amides is 3. The van der Waals surface area contributed by atoms with Crippen molar-refractivity contribution in [1.82, 2.24) is 19.8 Å². The van der Waals surface area contributed by atoms with Crippen LogP contribution in [-0.2, 0) is 27.3 Å². The molecule has 0 unspecified atom stereocenters. The number of fused-ring (bicyclic) bond motifs is 1. The molecule has 2 aliphatic rings. The maximum Gasteiger partial charge on any atom is 0.245 e. The Balaban J connectivity index is 1.52. The fourth-order valence-electron chi connectivity index (χ4n) is 3.86. The number of carbonyl (C=O) groups is 3. The molecule has 28 heavy (non-hydrogen) atoms. The van der Waals surface area contributed by atoms with Crippen LogP contribution in [0.4, 0.5) is 5.69 Å². The van der Waals surface area contributed by atoms with Crippen LogP contribution in [0.1, 0.15) is 25.6 Å². The average Bonchev–Trinajstić information content (AvgIpc) is 3.22. The fraction of sp³-hybridized carbons (Fsp3) is 0.400. The average molecular weight is 381 g/mol. The van der Waals surface area contributed by atoms with Crippen LogP contribution in [0.3, 0.4) is 0 Å². The van der Waals surface area contributed by atoms with E-state index in [2.05, 4.69) is 20.2 Å². The zero-order valence-electron chi connectivity index (χ0n) is 15.8. The summed E-state index contributed by atoms with van der Waals surface area (Å²) in [5, 5.41) is 5.56. The van der Waals surface area contributed by atoms with Crippen LogP contribution < -0.4 is 10.6 Å². The van der Waals surface area contributed by atoms with Gasteiger partial charge in [-0.2, -0.15) is 0 Å². The molecule has 0 radical (unpaired) electrons. The minimum Gasteiger partial charge on any atom is -0.344 e. The highest BCUT2D eigenvalue weighted by Gasteiger charge is 2.31. The van der Waals surface area contributed by atoms with E-state index in [-0.39, 0.29) is 17.7 Å². The molecule has 2 aliphatic heterocycles. The van der Waals surface area contributed by atoms with Gasteiger partial charge in [0.15, 0.2) is 0 Å². The van der Waals surface area contributed by atoms with Crippen LogP contribution in [-0.4, -0.2) is 51.3 Å². The highest BCUT2D eigenvalue weighted by Crippen LogP contribution is 2.25. The molecule has 0 aliphatic carbocycles. The van der Waals surface area contributed by atoms with Gasteiger partial charge < -0.3 is 20.1 Å². The van der Waals surface area contributed by atoms with E-state index in [0.717, 1.165) is 22.8 Å². The van der Waals surface area contributed by atoms with Gasteiger partial charge in [-0.3, -0.25) is 14.4 Å². The Morgan fingerprint density at radius 1 is 1.21 bits per heavy atom. The molecule has 8 nitrogen and oxygen atoms in total. The van der Waals surface area contributed by atoms with E-state index in [4.69, 9.17) is 0 Å². The second-order valence-electron chi connectivity index (χ2n) is 7.21. The van der Waals surface area contributed by atoms with Gasteiger partial charge in [0.25, 0.3) is 0 Å². The molecule has 1 aromatic carbocycles. The van der Waals surface area contributed by atoms with Crippen LogP contribution in [0.5, 0.6) is 0 Å². The van der Waals surface area contributed by atoms with E-state index in [1.165, 1.54) is 6.92 Å². The third kappa shape index (κ3) is 3.62. The van der Waals surface area contributed by atoms with Gasteiger partial charge in [0.2, 0.25) is 17.7 Å². The third-order valence-corrected chi connectivity index (χ3v) is 5.22. The molecule has 0 spiro atoms. The number of benzene rings is 1.